The summed E-state index contributed by atoms with van der Waals surface area (Å²) in [7, 11) is -3.49. The van der Waals surface area contributed by atoms with Crippen LogP contribution in [0.5, 0.6) is 0 Å². The zero-order chi connectivity index (χ0) is 12.9. The summed E-state index contributed by atoms with van der Waals surface area (Å²) in [5.41, 5.74) is 6.71. The van der Waals surface area contributed by atoms with Gasteiger partial charge in [0, 0.05) is 18.7 Å². The van der Waals surface area contributed by atoms with Crippen LogP contribution in [0.4, 0.5) is 5.69 Å². The summed E-state index contributed by atoms with van der Waals surface area (Å²) in [5.74, 6) is 2.46. The minimum Gasteiger partial charge on any atom is -0.398 e. The molecule has 3 N–H and O–H groups in total. The Kier molecular flexibility index (Phi) is 4.55. The highest BCUT2D eigenvalue weighted by atomic mass is 32.2. The van der Waals surface area contributed by atoms with E-state index in [1.165, 1.54) is 6.07 Å². The van der Waals surface area contributed by atoms with Crippen molar-refractivity contribution in [2.24, 2.45) is 0 Å². The SMILES string of the molecule is C#CCCCNS(=O)(=O)c1cccc(N)c1C. The molecule has 0 atom stereocenters. The van der Waals surface area contributed by atoms with Crippen molar-refractivity contribution in [3.8, 4) is 12.3 Å². The van der Waals surface area contributed by atoms with E-state index in [1.54, 1.807) is 19.1 Å². The first-order valence-electron chi connectivity index (χ1n) is 5.27. The molecule has 0 radical (unpaired) electrons. The largest absolute Gasteiger partial charge is 0.398 e. The summed E-state index contributed by atoms with van der Waals surface area (Å²) >= 11 is 0. The zero-order valence-corrected chi connectivity index (χ0v) is 10.5. The van der Waals surface area contributed by atoms with Gasteiger partial charge in [-0.1, -0.05) is 6.07 Å². The van der Waals surface area contributed by atoms with Gasteiger partial charge in [-0.15, -0.1) is 12.3 Å². The molecule has 0 fully saturated rings. The van der Waals surface area contributed by atoms with Crippen LogP contribution in [0.25, 0.3) is 0 Å². The summed E-state index contributed by atoms with van der Waals surface area (Å²) in [6.07, 6.45) is 6.27. The van der Waals surface area contributed by atoms with Gasteiger partial charge in [0.05, 0.1) is 4.90 Å². The molecular formula is C12H16N2O2S. The molecule has 17 heavy (non-hydrogen) atoms. The molecule has 0 aliphatic rings. The van der Waals surface area contributed by atoms with Crippen LogP contribution in [0.3, 0.4) is 0 Å². The van der Waals surface area contributed by atoms with Gasteiger partial charge in [0.25, 0.3) is 0 Å². The average Bonchev–Trinajstić information content (AvgIpc) is 2.28. The average molecular weight is 252 g/mol. The van der Waals surface area contributed by atoms with E-state index in [4.69, 9.17) is 12.2 Å². The molecule has 1 aromatic carbocycles. The number of rotatable bonds is 5. The van der Waals surface area contributed by atoms with E-state index in [9.17, 15) is 8.42 Å². The first-order valence-corrected chi connectivity index (χ1v) is 6.75. The van der Waals surface area contributed by atoms with Crippen molar-refractivity contribution < 1.29 is 8.42 Å². The lowest BCUT2D eigenvalue weighted by Gasteiger charge is -2.10. The van der Waals surface area contributed by atoms with Crippen LogP contribution in [0, 0.1) is 19.3 Å². The van der Waals surface area contributed by atoms with Gasteiger partial charge in [-0.3, -0.25) is 0 Å². The molecule has 0 aliphatic carbocycles. The second-order valence-corrected chi connectivity index (χ2v) is 5.41. The van der Waals surface area contributed by atoms with Gasteiger partial charge in [0.2, 0.25) is 10.0 Å². The molecule has 0 saturated carbocycles. The molecule has 92 valence electrons. The van der Waals surface area contributed by atoms with Gasteiger partial charge >= 0.3 is 0 Å². The highest BCUT2D eigenvalue weighted by Crippen LogP contribution is 2.19. The number of terminal acetylenes is 1. The Morgan fingerprint density at radius 3 is 2.82 bits per heavy atom. The van der Waals surface area contributed by atoms with Crippen LogP contribution in [0.15, 0.2) is 23.1 Å². The van der Waals surface area contributed by atoms with Crippen molar-refractivity contribution >= 4 is 15.7 Å². The Bertz CT molecular complexity index is 530. The smallest absolute Gasteiger partial charge is 0.240 e. The summed E-state index contributed by atoms with van der Waals surface area (Å²) in [5, 5.41) is 0. The first-order chi connectivity index (χ1) is 7.99. The van der Waals surface area contributed by atoms with Crippen molar-refractivity contribution in [2.75, 3.05) is 12.3 Å². The number of hydrogen-bond acceptors (Lipinski definition) is 3. The third-order valence-electron chi connectivity index (χ3n) is 2.41. The van der Waals surface area contributed by atoms with Crippen molar-refractivity contribution in [3.05, 3.63) is 23.8 Å². The molecule has 0 amide bonds. The van der Waals surface area contributed by atoms with Crippen molar-refractivity contribution in [1.29, 1.82) is 0 Å². The molecule has 4 nitrogen and oxygen atoms in total. The van der Waals surface area contributed by atoms with Gasteiger partial charge < -0.3 is 5.73 Å². The van der Waals surface area contributed by atoms with Crippen LogP contribution < -0.4 is 10.5 Å². The Labute approximate surface area is 102 Å². The highest BCUT2D eigenvalue weighted by Gasteiger charge is 2.16. The number of unbranched alkanes of at least 4 members (excludes halogenated alkanes) is 1. The standard InChI is InChI=1S/C12H16N2O2S/c1-3-4-5-9-14-17(15,16)12-8-6-7-11(13)10(12)2/h1,6-8,14H,4-5,9,13H2,2H3. The van der Waals surface area contributed by atoms with E-state index in [1.807, 2.05) is 0 Å². The number of nitrogens with one attached hydrogen (secondary N) is 1. The lowest BCUT2D eigenvalue weighted by molar-refractivity contribution is 0.579. The summed E-state index contributed by atoms with van der Waals surface area (Å²) in [6, 6.07) is 4.83. The normalized spacial score (nSPS) is 11.1. The van der Waals surface area contributed by atoms with Gasteiger partial charge in [-0.25, -0.2) is 13.1 Å². The first kappa shape index (κ1) is 13.6. The molecule has 0 aromatic heterocycles. The number of anilines is 1. The van der Waals surface area contributed by atoms with E-state index in [-0.39, 0.29) is 4.90 Å². The van der Waals surface area contributed by atoms with E-state index >= 15 is 0 Å². The number of nitrogen functional groups attached to an aromatic ring is 1. The minimum absolute atomic E-state index is 0.221. The summed E-state index contributed by atoms with van der Waals surface area (Å²) in [6.45, 7) is 2.02. The van der Waals surface area contributed by atoms with E-state index < -0.39 is 10.0 Å². The van der Waals surface area contributed by atoms with Crippen LogP contribution in [-0.4, -0.2) is 15.0 Å². The van der Waals surface area contributed by atoms with Gasteiger partial charge in [0.1, 0.15) is 0 Å². The van der Waals surface area contributed by atoms with E-state index in [0.717, 1.165) is 0 Å². The predicted molar refractivity (Wildman–Crippen MR) is 68.8 cm³/mol. The predicted octanol–water partition coefficient (Wildman–Crippen LogP) is 1.27. The molecule has 0 bridgehead atoms. The maximum absolute atomic E-state index is 12.0. The van der Waals surface area contributed by atoms with Crippen LogP contribution >= 0.6 is 0 Å². The maximum atomic E-state index is 12.0. The summed E-state index contributed by atoms with van der Waals surface area (Å²) < 4.78 is 26.4. The lowest BCUT2D eigenvalue weighted by atomic mass is 10.2. The Morgan fingerprint density at radius 1 is 1.47 bits per heavy atom. The quantitative estimate of drug-likeness (QED) is 0.471. The molecule has 5 heteroatoms. The number of sulfonamides is 1. The lowest BCUT2D eigenvalue weighted by Crippen LogP contribution is -2.25. The topological polar surface area (TPSA) is 72.2 Å². The Hall–Kier alpha value is -1.51. The second kappa shape index (κ2) is 5.71. The molecule has 0 saturated heterocycles. The monoisotopic (exact) mass is 252 g/mol. The van der Waals surface area contributed by atoms with E-state index in [2.05, 4.69) is 10.6 Å². The number of benzene rings is 1. The third-order valence-corrected chi connectivity index (χ3v) is 4.01. The number of nitrogens with two attached hydrogens (primary N) is 1. The number of hydrogen-bond donors (Lipinski definition) is 2. The fourth-order valence-electron chi connectivity index (χ4n) is 1.40. The highest BCUT2D eigenvalue weighted by molar-refractivity contribution is 7.89. The molecule has 0 spiro atoms. The fourth-order valence-corrected chi connectivity index (χ4v) is 2.74. The summed E-state index contributed by atoms with van der Waals surface area (Å²) in [4.78, 5) is 0.221. The fraction of sp³-hybridized carbons (Fsp3) is 0.333. The second-order valence-electron chi connectivity index (χ2n) is 3.68. The zero-order valence-electron chi connectivity index (χ0n) is 9.73. The molecule has 1 rings (SSSR count). The molecule has 0 aliphatic heterocycles. The molecular weight excluding hydrogens is 236 g/mol. The van der Waals surface area contributed by atoms with Gasteiger partial charge in [-0.2, -0.15) is 0 Å². The van der Waals surface area contributed by atoms with Gasteiger partial charge in [-0.05, 0) is 31.0 Å². The van der Waals surface area contributed by atoms with Crippen molar-refractivity contribution in [3.63, 3.8) is 0 Å². The maximum Gasteiger partial charge on any atom is 0.240 e. The minimum atomic E-state index is -3.49. The van der Waals surface area contributed by atoms with Crippen LogP contribution in [-0.2, 0) is 10.0 Å². The Balaban J connectivity index is 2.84. The van der Waals surface area contributed by atoms with Crippen LogP contribution in [0.2, 0.25) is 0 Å². The van der Waals surface area contributed by atoms with Crippen LogP contribution in [0.1, 0.15) is 18.4 Å². The molecule has 0 heterocycles. The molecule has 0 unspecified atom stereocenters. The Morgan fingerprint density at radius 2 is 2.18 bits per heavy atom. The van der Waals surface area contributed by atoms with Crippen molar-refractivity contribution in [2.45, 2.75) is 24.7 Å². The van der Waals surface area contributed by atoms with E-state index in [0.29, 0.717) is 30.6 Å². The molecule has 1 aromatic rings. The van der Waals surface area contributed by atoms with Crippen molar-refractivity contribution in [1.82, 2.24) is 4.72 Å². The third kappa shape index (κ3) is 3.48. The van der Waals surface area contributed by atoms with Gasteiger partial charge in [0.15, 0.2) is 0 Å².